The molecular formula is C34H38N6O6. The number of hydrogen-bond donors (Lipinski definition) is 2. The number of carbonyl (C=O) groups excluding carboxylic acids is 3. The Morgan fingerprint density at radius 1 is 1.09 bits per heavy atom. The highest BCUT2D eigenvalue weighted by Gasteiger charge is 2.32. The van der Waals surface area contributed by atoms with Gasteiger partial charge in [-0.15, -0.1) is 0 Å². The summed E-state index contributed by atoms with van der Waals surface area (Å²) in [4.78, 5) is 46.3. The van der Waals surface area contributed by atoms with Crippen molar-refractivity contribution in [3.05, 3.63) is 65.7 Å². The third-order valence-corrected chi connectivity index (χ3v) is 8.24. The van der Waals surface area contributed by atoms with E-state index in [-0.39, 0.29) is 29.5 Å². The summed E-state index contributed by atoms with van der Waals surface area (Å²) in [6.45, 7) is 1.90. The normalized spacial score (nSPS) is 15.3. The van der Waals surface area contributed by atoms with Crippen molar-refractivity contribution in [3.63, 3.8) is 0 Å². The second-order valence-electron chi connectivity index (χ2n) is 11.7. The monoisotopic (exact) mass is 626 g/mol. The number of benzene rings is 2. The Morgan fingerprint density at radius 2 is 1.93 bits per heavy atom. The lowest BCUT2D eigenvalue weighted by atomic mass is 10.1. The minimum absolute atomic E-state index is 0.0174. The van der Waals surface area contributed by atoms with E-state index < -0.39 is 0 Å². The van der Waals surface area contributed by atoms with Gasteiger partial charge in [0, 0.05) is 63.8 Å². The first-order chi connectivity index (χ1) is 22.2. The molecule has 1 fully saturated rings. The summed E-state index contributed by atoms with van der Waals surface area (Å²) < 4.78 is 19.0. The van der Waals surface area contributed by atoms with E-state index in [0.29, 0.717) is 52.9 Å². The van der Waals surface area contributed by atoms with Gasteiger partial charge < -0.3 is 38.9 Å². The molecule has 0 aliphatic carbocycles. The van der Waals surface area contributed by atoms with E-state index in [9.17, 15) is 14.4 Å². The summed E-state index contributed by atoms with van der Waals surface area (Å²) in [5.74, 6) is 0.831. The number of nitrogens with zero attached hydrogens (tertiary/aromatic N) is 4. The number of anilines is 2. The van der Waals surface area contributed by atoms with E-state index in [1.54, 1.807) is 62.2 Å². The van der Waals surface area contributed by atoms with Gasteiger partial charge in [0.05, 0.1) is 36.7 Å². The third-order valence-electron chi connectivity index (χ3n) is 8.24. The van der Waals surface area contributed by atoms with Gasteiger partial charge >= 0.3 is 0 Å². The maximum atomic E-state index is 13.1. The Labute approximate surface area is 266 Å². The van der Waals surface area contributed by atoms with Gasteiger partial charge in [0.25, 0.3) is 17.7 Å². The highest BCUT2D eigenvalue weighted by molar-refractivity contribution is 6.05. The van der Waals surface area contributed by atoms with Crippen LogP contribution >= 0.6 is 0 Å². The Bertz CT molecular complexity index is 1820. The van der Waals surface area contributed by atoms with Crippen molar-refractivity contribution < 1.29 is 28.3 Å². The average molecular weight is 627 g/mol. The lowest BCUT2D eigenvalue weighted by Gasteiger charge is -2.20. The van der Waals surface area contributed by atoms with Gasteiger partial charge in [-0.25, -0.2) is 0 Å². The topological polar surface area (TPSA) is 131 Å². The van der Waals surface area contributed by atoms with Gasteiger partial charge in [-0.3, -0.25) is 19.4 Å². The van der Waals surface area contributed by atoms with Crippen molar-refractivity contribution in [2.24, 2.45) is 12.0 Å². The Morgan fingerprint density at radius 3 is 2.74 bits per heavy atom. The lowest BCUT2D eigenvalue weighted by molar-refractivity contribution is 0.0772. The molecule has 3 amide bonds. The van der Waals surface area contributed by atoms with Gasteiger partial charge in [0.15, 0.2) is 17.3 Å². The fraction of sp³-hybridized carbons (Fsp3) is 0.353. The molecule has 6 rings (SSSR count). The van der Waals surface area contributed by atoms with E-state index in [4.69, 9.17) is 13.9 Å². The number of aliphatic imine (C=N–C) groups is 1. The molecule has 2 aliphatic heterocycles. The highest BCUT2D eigenvalue weighted by atomic mass is 16.5. The van der Waals surface area contributed by atoms with Crippen LogP contribution in [0.15, 0.2) is 58.1 Å². The maximum Gasteiger partial charge on any atom is 0.289 e. The summed E-state index contributed by atoms with van der Waals surface area (Å²) in [5.41, 5.74) is 3.65. The quantitative estimate of drug-likeness (QED) is 0.215. The van der Waals surface area contributed by atoms with Crippen molar-refractivity contribution >= 4 is 52.0 Å². The molecule has 0 bridgehead atoms. The molecule has 240 valence electrons. The second-order valence-corrected chi connectivity index (χ2v) is 11.7. The van der Waals surface area contributed by atoms with Crippen LogP contribution in [0.2, 0.25) is 0 Å². The SMILES string of the molecule is COc1cc2c(cc1OCCCCNc1cc(C(=O)Nc3ccc4oc(C(=O)N(C)C)cc4c3)n(C)c1)N=C[C@@H]1CCCN1C2=O. The van der Waals surface area contributed by atoms with Crippen LogP contribution in [0.3, 0.4) is 0 Å². The molecule has 0 saturated carbocycles. The average Bonchev–Trinajstić information content (AvgIpc) is 3.77. The number of aromatic nitrogens is 1. The van der Waals surface area contributed by atoms with E-state index in [2.05, 4.69) is 15.6 Å². The van der Waals surface area contributed by atoms with Gasteiger partial charge in [-0.1, -0.05) is 0 Å². The minimum atomic E-state index is -0.252. The van der Waals surface area contributed by atoms with Crippen LogP contribution in [-0.2, 0) is 7.05 Å². The summed E-state index contributed by atoms with van der Waals surface area (Å²) in [6, 6.07) is 12.3. The molecule has 0 radical (unpaired) electrons. The number of fused-ring (bicyclic) bond motifs is 3. The summed E-state index contributed by atoms with van der Waals surface area (Å²) >= 11 is 0. The first-order valence-electron chi connectivity index (χ1n) is 15.4. The third kappa shape index (κ3) is 6.28. The van der Waals surface area contributed by atoms with Crippen molar-refractivity contribution in [2.45, 2.75) is 31.7 Å². The molecule has 12 nitrogen and oxygen atoms in total. The van der Waals surface area contributed by atoms with Crippen molar-refractivity contribution in [1.82, 2.24) is 14.4 Å². The number of carbonyl (C=O) groups is 3. The fourth-order valence-corrected chi connectivity index (χ4v) is 5.79. The molecule has 2 aromatic heterocycles. The predicted molar refractivity (Wildman–Crippen MR) is 176 cm³/mol. The van der Waals surface area contributed by atoms with Gasteiger partial charge in [0.2, 0.25) is 0 Å². The van der Waals surface area contributed by atoms with Crippen molar-refractivity contribution in [1.29, 1.82) is 0 Å². The zero-order chi connectivity index (χ0) is 32.4. The molecule has 1 saturated heterocycles. The van der Waals surface area contributed by atoms with Gasteiger partial charge in [0.1, 0.15) is 11.3 Å². The number of hydrogen-bond acceptors (Lipinski definition) is 8. The van der Waals surface area contributed by atoms with Crippen molar-refractivity contribution in [2.75, 3.05) is 51.5 Å². The second kappa shape index (κ2) is 13.0. The van der Waals surface area contributed by atoms with Crippen LogP contribution in [0.5, 0.6) is 11.5 Å². The minimum Gasteiger partial charge on any atom is -0.493 e. The summed E-state index contributed by atoms with van der Waals surface area (Å²) in [6.07, 6.45) is 7.27. The molecule has 1 atom stereocenters. The number of rotatable bonds is 11. The Hall–Kier alpha value is -5.26. The van der Waals surface area contributed by atoms with E-state index in [1.165, 1.54) is 4.90 Å². The molecular weight excluding hydrogens is 588 g/mol. The number of methoxy groups -OCH3 is 1. The molecule has 0 spiro atoms. The number of ether oxygens (including phenoxy) is 2. The molecule has 12 heteroatoms. The predicted octanol–water partition coefficient (Wildman–Crippen LogP) is 5.33. The van der Waals surface area contributed by atoms with Crippen molar-refractivity contribution in [3.8, 4) is 11.5 Å². The lowest BCUT2D eigenvalue weighted by Crippen LogP contribution is -2.35. The van der Waals surface area contributed by atoms with Crippen LogP contribution in [0.1, 0.15) is 57.1 Å². The molecule has 2 aromatic carbocycles. The molecule has 2 aliphatic rings. The molecule has 2 N–H and O–H groups in total. The van der Waals surface area contributed by atoms with Crippen LogP contribution in [0, 0.1) is 0 Å². The first kappa shape index (κ1) is 30.8. The maximum absolute atomic E-state index is 13.1. The number of nitrogens with one attached hydrogen (secondary N) is 2. The number of furan rings is 1. The number of unbranched alkanes of at least 4 members (excludes halogenated alkanes) is 1. The van der Waals surface area contributed by atoms with E-state index >= 15 is 0 Å². The highest BCUT2D eigenvalue weighted by Crippen LogP contribution is 2.38. The summed E-state index contributed by atoms with van der Waals surface area (Å²) in [5, 5.41) is 7.03. The van der Waals surface area contributed by atoms with Crippen LogP contribution < -0.4 is 20.1 Å². The van der Waals surface area contributed by atoms with E-state index in [1.807, 2.05) is 30.4 Å². The zero-order valence-corrected chi connectivity index (χ0v) is 26.5. The molecule has 0 unspecified atom stereocenters. The van der Waals surface area contributed by atoms with Gasteiger partial charge in [-0.2, -0.15) is 0 Å². The first-order valence-corrected chi connectivity index (χ1v) is 15.4. The molecule has 4 aromatic rings. The molecule has 4 heterocycles. The fourth-order valence-electron chi connectivity index (χ4n) is 5.79. The van der Waals surface area contributed by atoms with E-state index in [0.717, 1.165) is 43.3 Å². The Balaban J connectivity index is 0.993. The Kier molecular flexibility index (Phi) is 8.69. The molecule has 46 heavy (non-hydrogen) atoms. The van der Waals surface area contributed by atoms with Crippen LogP contribution in [0.25, 0.3) is 11.0 Å². The van der Waals surface area contributed by atoms with Gasteiger partial charge in [-0.05, 0) is 62.1 Å². The number of aryl methyl sites for hydroxylation is 1. The van der Waals surface area contributed by atoms with Crippen LogP contribution in [0.4, 0.5) is 17.1 Å². The standard InChI is InChI=1S/C34H38N6O6/c1-38(2)34(43)31-15-21-14-22(9-10-28(21)46-31)37-32(41)27-16-23(20-39(27)3)35-11-5-6-13-45-30-18-26-25(17-29(30)44-4)33(42)40-12-7-8-24(40)19-36-26/h9-10,14-20,24,35H,5-8,11-13H2,1-4H3,(H,37,41)/t24-/m0/s1. The zero-order valence-electron chi connectivity index (χ0n) is 26.5. The largest absolute Gasteiger partial charge is 0.493 e. The smallest absolute Gasteiger partial charge is 0.289 e. The van der Waals surface area contributed by atoms with Crippen LogP contribution in [-0.4, -0.2) is 85.2 Å². The number of amides is 3. The summed E-state index contributed by atoms with van der Waals surface area (Å²) in [7, 11) is 6.72.